The van der Waals surface area contributed by atoms with E-state index in [2.05, 4.69) is 290 Å². The Hall–Kier alpha value is -9.76. The number of benzene rings is 12. The Bertz CT molecular complexity index is 4100. The summed E-state index contributed by atoms with van der Waals surface area (Å²) in [7, 11) is 0. The second-order valence-corrected chi connectivity index (χ2v) is 19.6. The maximum absolute atomic E-state index is 6.28. The Morgan fingerprint density at radius 2 is 0.680 bits per heavy atom. The standard InChI is InChI=1S/C73H49NO/c1-6-20-50(21-7-1)56-44-57(51-22-8-2-9-23-51)46-58(45-56)55-39-43-69-67(49-55)66-48-54(38-42-68(66)73(69,59-25-10-3-11-26-59)60-27-12-4-13-28-60)53-24-18-31-63(47-53)74(61-29-14-5-15-30-61)62-40-36-52(37-41-62)64-33-19-35-71-72(64)65-32-16-17-34-70(65)75-71/h1-49H. The minimum absolute atomic E-state index is 0.542. The Morgan fingerprint density at radius 3 is 1.28 bits per heavy atom. The van der Waals surface area contributed by atoms with Crippen LogP contribution in [0.1, 0.15) is 22.3 Å². The number of hydrogen-bond acceptors (Lipinski definition) is 2. The Balaban J connectivity index is 0.915. The fraction of sp³-hybridized carbons (Fsp3) is 0.0137. The maximum Gasteiger partial charge on any atom is 0.136 e. The van der Waals surface area contributed by atoms with Crippen molar-refractivity contribution in [2.75, 3.05) is 4.90 Å². The van der Waals surface area contributed by atoms with Crippen molar-refractivity contribution in [3.8, 4) is 66.8 Å². The Kier molecular flexibility index (Phi) is 10.8. The molecule has 1 aromatic heterocycles. The normalized spacial score (nSPS) is 12.4. The van der Waals surface area contributed by atoms with E-state index in [1.807, 2.05) is 12.1 Å². The van der Waals surface area contributed by atoms with Crippen molar-refractivity contribution in [1.82, 2.24) is 0 Å². The smallest absolute Gasteiger partial charge is 0.136 e. The fourth-order valence-electron chi connectivity index (χ4n) is 11.9. The molecule has 75 heavy (non-hydrogen) atoms. The highest BCUT2D eigenvalue weighted by Crippen LogP contribution is 2.57. The first-order valence-corrected chi connectivity index (χ1v) is 25.8. The number of rotatable bonds is 10. The van der Waals surface area contributed by atoms with E-state index in [-0.39, 0.29) is 0 Å². The van der Waals surface area contributed by atoms with Crippen LogP contribution in [0.25, 0.3) is 88.7 Å². The SMILES string of the molecule is c1ccc(-c2cc(-c3ccccc3)cc(-c3ccc4c(c3)-c3cc(-c5cccc(N(c6ccccc6)c6ccc(-c7cccc8oc9ccccc9c78)cc6)c5)ccc3C4(c3ccccc3)c3ccccc3)c2)cc1. The van der Waals surface area contributed by atoms with Gasteiger partial charge in [-0.05, 0) is 168 Å². The van der Waals surface area contributed by atoms with Crippen molar-refractivity contribution in [2.24, 2.45) is 0 Å². The predicted molar refractivity (Wildman–Crippen MR) is 313 cm³/mol. The molecule has 352 valence electrons. The van der Waals surface area contributed by atoms with Gasteiger partial charge in [0.15, 0.2) is 0 Å². The molecule has 0 atom stereocenters. The highest BCUT2D eigenvalue weighted by Gasteiger charge is 2.46. The molecule has 0 amide bonds. The van der Waals surface area contributed by atoms with Crippen molar-refractivity contribution in [2.45, 2.75) is 5.41 Å². The van der Waals surface area contributed by atoms with Gasteiger partial charge in [-0.25, -0.2) is 0 Å². The van der Waals surface area contributed by atoms with Gasteiger partial charge in [-0.3, -0.25) is 0 Å². The van der Waals surface area contributed by atoms with Crippen LogP contribution in [0.2, 0.25) is 0 Å². The van der Waals surface area contributed by atoms with Crippen molar-refractivity contribution in [3.63, 3.8) is 0 Å². The molecule has 2 heteroatoms. The monoisotopic (exact) mass is 955 g/mol. The van der Waals surface area contributed by atoms with Crippen LogP contribution in [0.5, 0.6) is 0 Å². The third-order valence-electron chi connectivity index (χ3n) is 15.3. The van der Waals surface area contributed by atoms with Crippen molar-refractivity contribution >= 4 is 39.0 Å². The highest BCUT2D eigenvalue weighted by molar-refractivity contribution is 6.12. The summed E-state index contributed by atoms with van der Waals surface area (Å²) in [5, 5.41) is 2.27. The lowest BCUT2D eigenvalue weighted by molar-refractivity contribution is 0.669. The first kappa shape index (κ1) is 44.0. The van der Waals surface area contributed by atoms with Crippen molar-refractivity contribution in [1.29, 1.82) is 0 Å². The molecule has 0 bridgehead atoms. The topological polar surface area (TPSA) is 16.4 Å². The summed E-state index contributed by atoms with van der Waals surface area (Å²) in [5.41, 5.74) is 23.8. The molecule has 0 aliphatic heterocycles. The van der Waals surface area contributed by atoms with Gasteiger partial charge in [0, 0.05) is 27.8 Å². The number of furan rings is 1. The van der Waals surface area contributed by atoms with Gasteiger partial charge in [-0.2, -0.15) is 0 Å². The third kappa shape index (κ3) is 7.58. The summed E-state index contributed by atoms with van der Waals surface area (Å²) in [5.74, 6) is 0. The van der Waals surface area contributed by atoms with E-state index in [9.17, 15) is 0 Å². The molecular formula is C73H49NO. The zero-order chi connectivity index (χ0) is 49.7. The summed E-state index contributed by atoms with van der Waals surface area (Å²) in [6.07, 6.45) is 0. The van der Waals surface area contributed by atoms with Gasteiger partial charge in [-0.15, -0.1) is 0 Å². The van der Waals surface area contributed by atoms with E-state index in [1.165, 1.54) is 66.8 Å². The quantitative estimate of drug-likeness (QED) is 0.136. The summed E-state index contributed by atoms with van der Waals surface area (Å²) < 4.78 is 6.28. The molecule has 12 aromatic carbocycles. The van der Waals surface area contributed by atoms with Crippen LogP contribution < -0.4 is 4.90 Å². The largest absolute Gasteiger partial charge is 0.456 e. The van der Waals surface area contributed by atoms with Gasteiger partial charge < -0.3 is 9.32 Å². The summed E-state index contributed by atoms with van der Waals surface area (Å²) in [4.78, 5) is 2.36. The molecule has 2 nitrogen and oxygen atoms in total. The van der Waals surface area contributed by atoms with Crippen LogP contribution in [0.4, 0.5) is 17.1 Å². The molecule has 0 fully saturated rings. The molecule has 0 saturated heterocycles. The molecule has 1 aliphatic carbocycles. The van der Waals surface area contributed by atoms with Crippen LogP contribution in [0.3, 0.4) is 0 Å². The fourth-order valence-corrected chi connectivity index (χ4v) is 11.9. The summed E-state index contributed by atoms with van der Waals surface area (Å²) in [6.45, 7) is 0. The second-order valence-electron chi connectivity index (χ2n) is 19.6. The molecule has 0 saturated carbocycles. The van der Waals surface area contributed by atoms with E-state index in [1.54, 1.807) is 0 Å². The molecule has 0 unspecified atom stereocenters. The van der Waals surface area contributed by atoms with Gasteiger partial charge in [0.25, 0.3) is 0 Å². The average molecular weight is 956 g/mol. The molecule has 0 spiro atoms. The van der Waals surface area contributed by atoms with E-state index < -0.39 is 5.41 Å². The minimum atomic E-state index is -0.542. The molecule has 0 N–H and O–H groups in total. The van der Waals surface area contributed by atoms with Crippen LogP contribution >= 0.6 is 0 Å². The summed E-state index contributed by atoms with van der Waals surface area (Å²) >= 11 is 0. The van der Waals surface area contributed by atoms with Crippen LogP contribution in [0.15, 0.2) is 302 Å². The predicted octanol–water partition coefficient (Wildman–Crippen LogP) is 19.8. The number of nitrogens with zero attached hydrogens (tertiary/aromatic N) is 1. The lowest BCUT2D eigenvalue weighted by Gasteiger charge is -2.34. The van der Waals surface area contributed by atoms with Crippen LogP contribution in [-0.2, 0) is 5.41 Å². The zero-order valence-electron chi connectivity index (χ0n) is 41.1. The molecule has 0 radical (unpaired) electrons. The van der Waals surface area contributed by atoms with Gasteiger partial charge >= 0.3 is 0 Å². The third-order valence-corrected chi connectivity index (χ3v) is 15.3. The molecular weight excluding hydrogens is 907 g/mol. The summed E-state index contributed by atoms with van der Waals surface area (Å²) in [6, 6.07) is 108. The van der Waals surface area contributed by atoms with Gasteiger partial charge in [0.05, 0.1) is 5.41 Å². The van der Waals surface area contributed by atoms with Gasteiger partial charge in [-0.1, -0.05) is 218 Å². The Morgan fingerprint density at radius 1 is 0.253 bits per heavy atom. The van der Waals surface area contributed by atoms with Crippen LogP contribution in [-0.4, -0.2) is 0 Å². The maximum atomic E-state index is 6.28. The van der Waals surface area contributed by atoms with Gasteiger partial charge in [0.2, 0.25) is 0 Å². The molecule has 1 aliphatic rings. The zero-order valence-corrected chi connectivity index (χ0v) is 41.1. The van der Waals surface area contributed by atoms with Crippen molar-refractivity contribution in [3.05, 3.63) is 320 Å². The lowest BCUT2D eigenvalue weighted by atomic mass is 9.67. The molecule has 1 heterocycles. The molecule has 13 aromatic rings. The number of fused-ring (bicyclic) bond motifs is 6. The van der Waals surface area contributed by atoms with E-state index in [4.69, 9.17) is 4.42 Å². The molecule has 14 rings (SSSR count). The first-order valence-electron chi connectivity index (χ1n) is 25.8. The Labute approximate surface area is 437 Å². The highest BCUT2D eigenvalue weighted by atomic mass is 16.3. The van der Waals surface area contributed by atoms with Crippen LogP contribution in [0, 0.1) is 0 Å². The van der Waals surface area contributed by atoms with Crippen molar-refractivity contribution < 1.29 is 4.42 Å². The van der Waals surface area contributed by atoms with E-state index in [0.29, 0.717) is 0 Å². The number of anilines is 3. The van der Waals surface area contributed by atoms with Gasteiger partial charge in [0.1, 0.15) is 11.2 Å². The number of hydrogen-bond donors (Lipinski definition) is 0. The lowest BCUT2D eigenvalue weighted by Crippen LogP contribution is -2.28. The van der Waals surface area contributed by atoms with E-state index in [0.717, 1.165) is 61.3 Å². The average Bonchev–Trinajstić information content (AvgIpc) is 4.15. The minimum Gasteiger partial charge on any atom is -0.456 e. The van der Waals surface area contributed by atoms with E-state index >= 15 is 0 Å². The second kappa shape index (κ2) is 18.4. The number of para-hydroxylation sites is 2. The first-order chi connectivity index (χ1) is 37.2.